The molecule has 0 aliphatic heterocycles. The number of phenolic OH excluding ortho intramolecular Hbond substituents is 1. The van der Waals surface area contributed by atoms with Gasteiger partial charge in [-0.3, -0.25) is 4.40 Å². The Morgan fingerprint density at radius 2 is 1.81 bits per heavy atom. The summed E-state index contributed by atoms with van der Waals surface area (Å²) in [4.78, 5) is 4.52. The molecule has 0 unspecified atom stereocenters. The molecular formula is C18H10Cl2N6O. The average Bonchev–Trinajstić information content (AvgIpc) is 3.27. The van der Waals surface area contributed by atoms with Gasteiger partial charge in [0.2, 0.25) is 0 Å². The molecule has 5 rings (SSSR count). The van der Waals surface area contributed by atoms with Gasteiger partial charge in [0, 0.05) is 5.56 Å². The molecule has 2 aromatic carbocycles. The van der Waals surface area contributed by atoms with Crippen LogP contribution in [-0.4, -0.2) is 34.5 Å². The number of hydrogen-bond donors (Lipinski definition) is 1. The maximum atomic E-state index is 9.72. The summed E-state index contributed by atoms with van der Waals surface area (Å²) in [6, 6.07) is 12.1. The second kappa shape index (κ2) is 5.94. The lowest BCUT2D eigenvalue weighted by molar-refractivity contribution is 0.475. The van der Waals surface area contributed by atoms with Crippen molar-refractivity contribution in [1.82, 2.24) is 29.4 Å². The fourth-order valence-corrected chi connectivity index (χ4v) is 3.26. The first kappa shape index (κ1) is 16.0. The molecule has 0 bridgehead atoms. The first-order valence-electron chi connectivity index (χ1n) is 7.94. The van der Waals surface area contributed by atoms with Crippen LogP contribution in [0.5, 0.6) is 5.75 Å². The summed E-state index contributed by atoms with van der Waals surface area (Å²) in [5, 5.41) is 24.3. The van der Waals surface area contributed by atoms with Crippen LogP contribution in [0.3, 0.4) is 0 Å². The van der Waals surface area contributed by atoms with Crippen molar-refractivity contribution < 1.29 is 5.11 Å². The van der Waals surface area contributed by atoms with Crippen LogP contribution in [0.15, 0.2) is 55.0 Å². The zero-order valence-electron chi connectivity index (χ0n) is 13.6. The third kappa shape index (κ3) is 2.51. The number of aromatic nitrogens is 6. The second-order valence-corrected chi connectivity index (χ2v) is 6.72. The van der Waals surface area contributed by atoms with Crippen molar-refractivity contribution >= 4 is 39.9 Å². The highest BCUT2D eigenvalue weighted by atomic mass is 35.5. The lowest BCUT2D eigenvalue weighted by Crippen LogP contribution is -1.99. The van der Waals surface area contributed by atoms with Crippen LogP contribution in [0.4, 0.5) is 0 Å². The van der Waals surface area contributed by atoms with Crippen LogP contribution in [0.1, 0.15) is 0 Å². The Morgan fingerprint density at radius 3 is 2.63 bits per heavy atom. The molecular weight excluding hydrogens is 387 g/mol. The van der Waals surface area contributed by atoms with E-state index in [0.717, 1.165) is 16.6 Å². The summed E-state index contributed by atoms with van der Waals surface area (Å²) in [7, 11) is 0. The monoisotopic (exact) mass is 396 g/mol. The fourth-order valence-electron chi connectivity index (χ4n) is 2.97. The number of phenols is 1. The third-order valence-corrected chi connectivity index (χ3v) is 4.97. The number of aromatic hydroxyl groups is 1. The predicted molar refractivity (Wildman–Crippen MR) is 103 cm³/mol. The number of fused-ring (bicyclic) bond motifs is 3. The normalized spacial score (nSPS) is 11.5. The van der Waals surface area contributed by atoms with Gasteiger partial charge in [-0.2, -0.15) is 5.10 Å². The van der Waals surface area contributed by atoms with E-state index in [9.17, 15) is 5.11 Å². The van der Waals surface area contributed by atoms with Crippen molar-refractivity contribution in [3.63, 3.8) is 0 Å². The van der Waals surface area contributed by atoms with Gasteiger partial charge < -0.3 is 5.11 Å². The van der Waals surface area contributed by atoms with Gasteiger partial charge in [-0.05, 0) is 30.3 Å². The maximum Gasteiger partial charge on any atom is 0.175 e. The maximum absolute atomic E-state index is 9.72. The average molecular weight is 397 g/mol. The van der Waals surface area contributed by atoms with Crippen LogP contribution in [0, 0.1) is 0 Å². The molecule has 0 fully saturated rings. The molecule has 27 heavy (non-hydrogen) atoms. The molecule has 132 valence electrons. The van der Waals surface area contributed by atoms with E-state index in [-0.39, 0.29) is 5.75 Å². The van der Waals surface area contributed by atoms with Crippen LogP contribution < -0.4 is 0 Å². The minimum absolute atomic E-state index is 0.158. The van der Waals surface area contributed by atoms with Crippen molar-refractivity contribution in [2.24, 2.45) is 0 Å². The van der Waals surface area contributed by atoms with Gasteiger partial charge in [0.05, 0.1) is 27.3 Å². The summed E-state index contributed by atoms with van der Waals surface area (Å²) >= 11 is 12.1. The van der Waals surface area contributed by atoms with E-state index in [1.165, 1.54) is 0 Å². The number of benzene rings is 2. The Bertz CT molecular complexity index is 1330. The molecule has 0 radical (unpaired) electrons. The Balaban J connectivity index is 1.71. The van der Waals surface area contributed by atoms with Gasteiger partial charge in [-0.15, -0.1) is 10.2 Å². The molecule has 0 spiro atoms. The van der Waals surface area contributed by atoms with Gasteiger partial charge in [0.15, 0.2) is 17.1 Å². The SMILES string of the molecule is Oc1cccc(-c2nnc3c4cnn(-c5ccc(Cl)c(Cl)c5)c4ncn23)c1. The van der Waals surface area contributed by atoms with Crippen molar-refractivity contribution in [3.8, 4) is 22.8 Å². The van der Waals surface area contributed by atoms with E-state index < -0.39 is 0 Å². The summed E-state index contributed by atoms with van der Waals surface area (Å²) in [6.45, 7) is 0. The standard InChI is InChI=1S/C18H10Cl2N6O/c19-14-5-4-11(7-15(14)20)26-17-13(8-22-26)18-24-23-16(25(18)9-21-17)10-2-1-3-12(27)6-10/h1-9,27H. The molecule has 0 saturated heterocycles. The predicted octanol–water partition coefficient (Wildman–Crippen LogP) is 4.14. The van der Waals surface area contributed by atoms with E-state index in [0.29, 0.717) is 27.2 Å². The van der Waals surface area contributed by atoms with Crippen LogP contribution in [0.25, 0.3) is 33.8 Å². The summed E-state index contributed by atoms with van der Waals surface area (Å²) < 4.78 is 3.43. The minimum atomic E-state index is 0.158. The topological polar surface area (TPSA) is 81.1 Å². The highest BCUT2D eigenvalue weighted by Gasteiger charge is 2.16. The molecule has 0 amide bonds. The van der Waals surface area contributed by atoms with Gasteiger partial charge >= 0.3 is 0 Å². The number of halogens is 2. The molecule has 1 N–H and O–H groups in total. The Kier molecular flexibility index (Phi) is 3.53. The Morgan fingerprint density at radius 1 is 0.926 bits per heavy atom. The summed E-state index contributed by atoms with van der Waals surface area (Å²) in [5.74, 6) is 0.739. The van der Waals surface area contributed by atoms with Crippen LogP contribution in [-0.2, 0) is 0 Å². The zero-order chi connectivity index (χ0) is 18.5. The Labute approximate surface area is 162 Å². The molecule has 0 aliphatic carbocycles. The number of nitrogens with zero attached hydrogens (tertiary/aromatic N) is 6. The molecule has 0 saturated carbocycles. The van der Waals surface area contributed by atoms with Crippen molar-refractivity contribution in [1.29, 1.82) is 0 Å². The van der Waals surface area contributed by atoms with Gasteiger partial charge in [-0.25, -0.2) is 9.67 Å². The highest BCUT2D eigenvalue weighted by Crippen LogP contribution is 2.28. The van der Waals surface area contributed by atoms with E-state index in [2.05, 4.69) is 20.3 Å². The number of hydrogen-bond acceptors (Lipinski definition) is 5. The molecule has 7 nitrogen and oxygen atoms in total. The molecule has 0 aliphatic rings. The lowest BCUT2D eigenvalue weighted by atomic mass is 10.2. The summed E-state index contributed by atoms with van der Waals surface area (Å²) in [5.41, 5.74) is 2.71. The quantitative estimate of drug-likeness (QED) is 0.484. The van der Waals surface area contributed by atoms with Crippen LogP contribution in [0.2, 0.25) is 10.0 Å². The second-order valence-electron chi connectivity index (χ2n) is 5.90. The third-order valence-electron chi connectivity index (χ3n) is 4.23. The van der Waals surface area contributed by atoms with E-state index in [4.69, 9.17) is 23.2 Å². The lowest BCUT2D eigenvalue weighted by Gasteiger charge is -2.05. The first-order valence-corrected chi connectivity index (χ1v) is 8.70. The van der Waals surface area contributed by atoms with Crippen LogP contribution >= 0.6 is 23.2 Å². The smallest absolute Gasteiger partial charge is 0.175 e. The fraction of sp³-hybridized carbons (Fsp3) is 0. The zero-order valence-corrected chi connectivity index (χ0v) is 15.1. The molecule has 9 heteroatoms. The molecule has 3 aromatic heterocycles. The minimum Gasteiger partial charge on any atom is -0.508 e. The van der Waals surface area contributed by atoms with Gasteiger partial charge in [0.1, 0.15) is 12.1 Å². The largest absolute Gasteiger partial charge is 0.508 e. The van der Waals surface area contributed by atoms with E-state index in [1.807, 2.05) is 12.1 Å². The Hall–Kier alpha value is -3.16. The van der Waals surface area contributed by atoms with Crippen molar-refractivity contribution in [2.45, 2.75) is 0 Å². The first-order chi connectivity index (χ1) is 13.1. The number of rotatable bonds is 2. The highest BCUT2D eigenvalue weighted by molar-refractivity contribution is 6.42. The molecule has 5 aromatic rings. The van der Waals surface area contributed by atoms with E-state index in [1.54, 1.807) is 51.9 Å². The van der Waals surface area contributed by atoms with Crippen molar-refractivity contribution in [2.75, 3.05) is 0 Å². The van der Waals surface area contributed by atoms with Gasteiger partial charge in [0.25, 0.3) is 0 Å². The van der Waals surface area contributed by atoms with E-state index >= 15 is 0 Å². The molecule has 3 heterocycles. The van der Waals surface area contributed by atoms with Gasteiger partial charge in [-0.1, -0.05) is 35.3 Å². The summed E-state index contributed by atoms with van der Waals surface area (Å²) in [6.07, 6.45) is 3.31. The van der Waals surface area contributed by atoms with Crippen molar-refractivity contribution in [3.05, 3.63) is 65.0 Å². The molecule has 0 atom stereocenters.